The van der Waals surface area contributed by atoms with Gasteiger partial charge in [-0.15, -0.1) is 0 Å². The third kappa shape index (κ3) is 9.06. The van der Waals surface area contributed by atoms with E-state index in [1.807, 2.05) is 20.8 Å². The molecular weight excluding hydrogens is 162 g/mol. The summed E-state index contributed by atoms with van der Waals surface area (Å²) in [4.78, 5) is 18.7. The summed E-state index contributed by atoms with van der Waals surface area (Å²) in [5.41, 5.74) is -0.386. The zero-order valence-electron chi connectivity index (χ0n) is 7.44. The quantitative estimate of drug-likeness (QED) is 0.281. The topological polar surface area (TPSA) is 61.6 Å². The molecule has 0 N–H and O–H groups in total. The van der Waals surface area contributed by atoms with Gasteiger partial charge in [0, 0.05) is 6.08 Å². The molecule has 0 rings (SSSR count). The monoisotopic (exact) mass is 175 g/mol. The van der Waals surface area contributed by atoms with Crippen molar-refractivity contribution >= 4 is 0 Å². The molecule has 0 aromatic rings. The molecule has 0 saturated heterocycles. The zero-order valence-corrected chi connectivity index (χ0v) is 7.44. The van der Waals surface area contributed by atoms with E-state index >= 15 is 0 Å². The highest BCUT2D eigenvalue weighted by atomic mass is 17.2. The molecule has 0 aromatic heterocycles. The summed E-state index contributed by atoms with van der Waals surface area (Å²) in [7, 11) is 0. The molecule has 0 amide bonds. The summed E-state index contributed by atoms with van der Waals surface area (Å²) in [5, 5.41) is 9.78. The molecule has 5 nitrogen and oxygen atoms in total. The van der Waals surface area contributed by atoms with Crippen LogP contribution in [0.5, 0.6) is 0 Å². The van der Waals surface area contributed by atoms with Crippen molar-refractivity contribution in [2.75, 3.05) is 6.61 Å². The van der Waals surface area contributed by atoms with Gasteiger partial charge in [0.2, 0.25) is 6.20 Å². The Balaban J connectivity index is 3.40. The second-order valence-corrected chi connectivity index (χ2v) is 3.15. The highest BCUT2D eigenvalue weighted by Gasteiger charge is 2.10. The number of hydrogen-bond acceptors (Lipinski definition) is 4. The predicted molar refractivity (Wildman–Crippen MR) is 42.9 cm³/mol. The Morgan fingerprint density at radius 1 is 1.50 bits per heavy atom. The summed E-state index contributed by atoms with van der Waals surface area (Å²) in [6.45, 7) is 5.55. The first kappa shape index (κ1) is 11.1. The van der Waals surface area contributed by atoms with Gasteiger partial charge in [0.25, 0.3) is 0 Å². The van der Waals surface area contributed by atoms with Crippen molar-refractivity contribution < 1.29 is 14.7 Å². The van der Waals surface area contributed by atoms with Gasteiger partial charge in [-0.1, -0.05) is 0 Å². The molecule has 12 heavy (non-hydrogen) atoms. The lowest BCUT2D eigenvalue weighted by atomic mass is 10.2. The second kappa shape index (κ2) is 4.84. The minimum Gasteiger partial charge on any atom is -0.259 e. The van der Waals surface area contributed by atoms with Crippen molar-refractivity contribution in [3.05, 3.63) is 22.4 Å². The average molecular weight is 175 g/mol. The van der Waals surface area contributed by atoms with Crippen LogP contribution in [0.15, 0.2) is 12.3 Å². The first-order chi connectivity index (χ1) is 5.42. The molecule has 0 saturated carbocycles. The van der Waals surface area contributed by atoms with E-state index < -0.39 is 4.92 Å². The van der Waals surface area contributed by atoms with E-state index in [0.717, 1.165) is 6.20 Å². The van der Waals surface area contributed by atoms with E-state index in [1.54, 1.807) is 0 Å². The summed E-state index contributed by atoms with van der Waals surface area (Å²) in [6.07, 6.45) is 2.08. The molecule has 0 bridgehead atoms. The van der Waals surface area contributed by atoms with Crippen molar-refractivity contribution in [1.29, 1.82) is 0 Å². The van der Waals surface area contributed by atoms with Gasteiger partial charge in [-0.25, -0.2) is 9.78 Å². The first-order valence-corrected chi connectivity index (χ1v) is 3.52. The molecule has 0 aliphatic carbocycles. The maximum Gasteiger partial charge on any atom is 0.232 e. The molecule has 0 radical (unpaired) electrons. The second-order valence-electron chi connectivity index (χ2n) is 3.15. The fraction of sp³-hybridized carbons (Fsp3) is 0.714. The molecule has 0 fully saturated rings. The van der Waals surface area contributed by atoms with Crippen molar-refractivity contribution in [2.24, 2.45) is 0 Å². The lowest BCUT2D eigenvalue weighted by molar-refractivity contribution is -0.403. The minimum absolute atomic E-state index is 0.0816. The third-order valence-corrected chi connectivity index (χ3v) is 0.700. The molecule has 0 unspecified atom stereocenters. The zero-order chi connectivity index (χ0) is 9.61. The molecular formula is C7H13NO4. The van der Waals surface area contributed by atoms with Crippen LogP contribution < -0.4 is 0 Å². The van der Waals surface area contributed by atoms with Crippen LogP contribution in [0.25, 0.3) is 0 Å². The van der Waals surface area contributed by atoms with Crippen LogP contribution in [0, 0.1) is 10.1 Å². The summed E-state index contributed by atoms with van der Waals surface area (Å²) in [5.74, 6) is 0. The molecule has 0 heterocycles. The van der Waals surface area contributed by atoms with Crippen molar-refractivity contribution in [2.45, 2.75) is 26.4 Å². The Bertz CT molecular complexity index is 171. The predicted octanol–water partition coefficient (Wildman–Crippen LogP) is 1.52. The molecule has 0 aliphatic heterocycles. The molecule has 70 valence electrons. The summed E-state index contributed by atoms with van der Waals surface area (Å²) in [6, 6.07) is 0. The van der Waals surface area contributed by atoms with Crippen LogP contribution in [0.4, 0.5) is 0 Å². The van der Waals surface area contributed by atoms with Crippen LogP contribution >= 0.6 is 0 Å². The summed E-state index contributed by atoms with van der Waals surface area (Å²) < 4.78 is 0. The van der Waals surface area contributed by atoms with Crippen LogP contribution in [-0.4, -0.2) is 17.1 Å². The standard InChI is InChI=1S/C7H13NO4/c1-7(2,3)12-11-6-4-5-8(9)10/h4-5H,6H2,1-3H3. The Kier molecular flexibility index (Phi) is 4.46. The average Bonchev–Trinajstić information content (AvgIpc) is 1.83. The first-order valence-electron chi connectivity index (χ1n) is 3.52. The Morgan fingerprint density at radius 2 is 2.08 bits per heavy atom. The van der Waals surface area contributed by atoms with E-state index in [0.29, 0.717) is 0 Å². The smallest absolute Gasteiger partial charge is 0.232 e. The van der Waals surface area contributed by atoms with Gasteiger partial charge in [-0.2, -0.15) is 0 Å². The van der Waals surface area contributed by atoms with Gasteiger partial charge in [-0.3, -0.25) is 10.1 Å². The van der Waals surface area contributed by atoms with Crippen LogP contribution in [0.1, 0.15) is 20.8 Å². The highest BCUT2D eigenvalue weighted by Crippen LogP contribution is 2.06. The summed E-state index contributed by atoms with van der Waals surface area (Å²) >= 11 is 0. The van der Waals surface area contributed by atoms with Gasteiger partial charge in [0.15, 0.2) is 0 Å². The molecule has 0 spiro atoms. The number of nitrogens with zero attached hydrogens (tertiary/aromatic N) is 1. The number of rotatable bonds is 4. The van der Waals surface area contributed by atoms with Crippen LogP contribution in [0.2, 0.25) is 0 Å². The molecule has 0 aromatic carbocycles. The minimum atomic E-state index is -0.555. The highest BCUT2D eigenvalue weighted by molar-refractivity contribution is 4.70. The van der Waals surface area contributed by atoms with E-state index in [9.17, 15) is 10.1 Å². The molecule has 0 atom stereocenters. The number of hydrogen-bond donors (Lipinski definition) is 0. The Morgan fingerprint density at radius 3 is 2.50 bits per heavy atom. The third-order valence-electron chi connectivity index (χ3n) is 0.700. The maximum atomic E-state index is 9.78. The Labute approximate surface area is 71.0 Å². The van der Waals surface area contributed by atoms with E-state index in [4.69, 9.17) is 4.89 Å². The normalized spacial score (nSPS) is 12.2. The van der Waals surface area contributed by atoms with E-state index in [-0.39, 0.29) is 12.2 Å². The largest absolute Gasteiger partial charge is 0.259 e. The maximum absolute atomic E-state index is 9.78. The van der Waals surface area contributed by atoms with Crippen molar-refractivity contribution in [1.82, 2.24) is 0 Å². The van der Waals surface area contributed by atoms with Gasteiger partial charge in [-0.05, 0) is 20.8 Å². The van der Waals surface area contributed by atoms with Gasteiger partial charge in [0.1, 0.15) is 6.61 Å². The Hall–Kier alpha value is -0.940. The van der Waals surface area contributed by atoms with Crippen LogP contribution in [0.3, 0.4) is 0 Å². The SMILES string of the molecule is CC(C)(C)OOCC=C[N+](=O)[O-]. The molecule has 5 heteroatoms. The lowest BCUT2D eigenvalue weighted by Crippen LogP contribution is -2.19. The van der Waals surface area contributed by atoms with Gasteiger partial charge < -0.3 is 0 Å². The van der Waals surface area contributed by atoms with Crippen LogP contribution in [-0.2, 0) is 9.78 Å². The lowest BCUT2D eigenvalue weighted by Gasteiger charge is -2.16. The number of nitro groups is 1. The van der Waals surface area contributed by atoms with E-state index in [1.165, 1.54) is 6.08 Å². The van der Waals surface area contributed by atoms with Crippen molar-refractivity contribution in [3.8, 4) is 0 Å². The van der Waals surface area contributed by atoms with Gasteiger partial charge in [0.05, 0.1) is 10.5 Å². The molecule has 0 aliphatic rings. The van der Waals surface area contributed by atoms with E-state index in [2.05, 4.69) is 4.89 Å². The van der Waals surface area contributed by atoms with Crippen molar-refractivity contribution in [3.63, 3.8) is 0 Å². The van der Waals surface area contributed by atoms with Gasteiger partial charge >= 0.3 is 0 Å². The fourth-order valence-electron chi connectivity index (χ4n) is 0.379. The fourth-order valence-corrected chi connectivity index (χ4v) is 0.379.